The highest BCUT2D eigenvalue weighted by atomic mass is 35.5. The molecule has 0 saturated carbocycles. The molecule has 2 nitrogen and oxygen atoms in total. The fraction of sp³-hybridized carbons (Fsp3) is 0.333. The Morgan fingerprint density at radius 2 is 2.50 bits per heavy atom. The third kappa shape index (κ3) is 2.13. The molecule has 12 heavy (non-hydrogen) atoms. The summed E-state index contributed by atoms with van der Waals surface area (Å²) in [5, 5.41) is 9.81. The summed E-state index contributed by atoms with van der Waals surface area (Å²) in [4.78, 5) is 0. The lowest BCUT2D eigenvalue weighted by Crippen LogP contribution is -1.96. The van der Waals surface area contributed by atoms with Crippen molar-refractivity contribution in [1.82, 2.24) is 0 Å². The van der Waals surface area contributed by atoms with Crippen molar-refractivity contribution in [1.29, 1.82) is 0 Å². The smallest absolute Gasteiger partial charge is 0.198 e. The summed E-state index contributed by atoms with van der Waals surface area (Å²) in [5.41, 5.74) is 1.54. The molecule has 0 aliphatic rings. The first kappa shape index (κ1) is 9.36. The van der Waals surface area contributed by atoms with Crippen LogP contribution in [-0.2, 0) is 0 Å². The summed E-state index contributed by atoms with van der Waals surface area (Å²) in [5.74, 6) is 0. The molecule has 0 aliphatic carbocycles. The van der Waals surface area contributed by atoms with E-state index >= 15 is 0 Å². The maximum absolute atomic E-state index is 9.56. The van der Waals surface area contributed by atoms with Crippen LogP contribution in [0.4, 0.5) is 0 Å². The first-order chi connectivity index (χ1) is 5.61. The van der Waals surface area contributed by atoms with Gasteiger partial charge in [0.2, 0.25) is 0 Å². The van der Waals surface area contributed by atoms with E-state index in [4.69, 9.17) is 16.0 Å². The molecule has 1 aromatic heterocycles. The van der Waals surface area contributed by atoms with Crippen LogP contribution in [0.15, 0.2) is 28.9 Å². The molecule has 0 saturated heterocycles. The van der Waals surface area contributed by atoms with Gasteiger partial charge >= 0.3 is 0 Å². The standard InChI is InChI=1S/C9H11ClO2/c1-6(2)5-8(11)7-3-4-12-9(7)10/h3-4,8,11H,1,5H2,2H3. The minimum atomic E-state index is -0.603. The van der Waals surface area contributed by atoms with Gasteiger partial charge in [-0.2, -0.15) is 0 Å². The van der Waals surface area contributed by atoms with E-state index in [1.54, 1.807) is 6.07 Å². The Morgan fingerprint density at radius 3 is 2.92 bits per heavy atom. The monoisotopic (exact) mass is 186 g/mol. The molecule has 66 valence electrons. The van der Waals surface area contributed by atoms with Crippen LogP contribution in [0.25, 0.3) is 0 Å². The minimum Gasteiger partial charge on any atom is -0.453 e. The average molecular weight is 187 g/mol. The Labute approximate surface area is 76.5 Å². The predicted octanol–water partition coefficient (Wildman–Crippen LogP) is 2.93. The second-order valence-corrected chi connectivity index (χ2v) is 3.17. The molecular weight excluding hydrogens is 176 g/mol. The first-order valence-corrected chi connectivity index (χ1v) is 4.04. The van der Waals surface area contributed by atoms with Crippen molar-refractivity contribution in [2.45, 2.75) is 19.4 Å². The lowest BCUT2D eigenvalue weighted by atomic mass is 10.1. The van der Waals surface area contributed by atoms with Gasteiger partial charge in [0.1, 0.15) is 0 Å². The Hall–Kier alpha value is -0.730. The van der Waals surface area contributed by atoms with Crippen LogP contribution in [-0.4, -0.2) is 5.11 Å². The summed E-state index contributed by atoms with van der Waals surface area (Å²) in [7, 11) is 0. The number of furan rings is 1. The van der Waals surface area contributed by atoms with Gasteiger partial charge in [-0.15, -0.1) is 6.58 Å². The molecule has 1 heterocycles. The summed E-state index contributed by atoms with van der Waals surface area (Å²) in [6.07, 6.45) is 1.37. The Kier molecular flexibility index (Phi) is 2.95. The number of aliphatic hydroxyl groups is 1. The van der Waals surface area contributed by atoms with E-state index in [-0.39, 0.29) is 5.22 Å². The van der Waals surface area contributed by atoms with E-state index in [2.05, 4.69) is 6.58 Å². The van der Waals surface area contributed by atoms with Gasteiger partial charge in [-0.1, -0.05) is 5.57 Å². The van der Waals surface area contributed by atoms with Gasteiger partial charge in [-0.3, -0.25) is 0 Å². The van der Waals surface area contributed by atoms with E-state index < -0.39 is 6.10 Å². The molecular formula is C9H11ClO2. The zero-order valence-corrected chi connectivity index (χ0v) is 7.64. The number of hydrogen-bond donors (Lipinski definition) is 1. The van der Waals surface area contributed by atoms with Crippen LogP contribution in [0.1, 0.15) is 25.0 Å². The summed E-state index contributed by atoms with van der Waals surface area (Å²) in [6.45, 7) is 5.56. The number of rotatable bonds is 3. The van der Waals surface area contributed by atoms with E-state index in [1.807, 2.05) is 6.92 Å². The van der Waals surface area contributed by atoms with Gasteiger partial charge in [0.15, 0.2) is 5.22 Å². The molecule has 1 atom stereocenters. The van der Waals surface area contributed by atoms with Gasteiger partial charge in [0, 0.05) is 5.56 Å². The van der Waals surface area contributed by atoms with Crippen LogP contribution < -0.4 is 0 Å². The van der Waals surface area contributed by atoms with Crippen molar-refractivity contribution in [2.75, 3.05) is 0 Å². The third-order valence-electron chi connectivity index (χ3n) is 1.55. The molecule has 0 aromatic carbocycles. The van der Waals surface area contributed by atoms with Gasteiger partial charge in [-0.25, -0.2) is 0 Å². The SMILES string of the molecule is C=C(C)CC(O)c1ccoc1Cl. The van der Waals surface area contributed by atoms with E-state index in [0.29, 0.717) is 12.0 Å². The van der Waals surface area contributed by atoms with Crippen LogP contribution in [0, 0.1) is 0 Å². The lowest BCUT2D eigenvalue weighted by Gasteiger charge is -2.07. The molecule has 0 bridgehead atoms. The van der Waals surface area contributed by atoms with Crippen LogP contribution in [0.5, 0.6) is 0 Å². The Morgan fingerprint density at radius 1 is 1.83 bits per heavy atom. The molecule has 3 heteroatoms. The minimum absolute atomic E-state index is 0.253. The highest BCUT2D eigenvalue weighted by Gasteiger charge is 2.13. The molecule has 0 fully saturated rings. The molecule has 1 aromatic rings. The molecule has 0 radical (unpaired) electrons. The average Bonchev–Trinajstić information content (AvgIpc) is 2.33. The Bertz CT molecular complexity index is 278. The summed E-state index contributed by atoms with van der Waals surface area (Å²) in [6, 6.07) is 1.66. The Balaban J connectivity index is 2.71. The van der Waals surface area contributed by atoms with E-state index in [1.165, 1.54) is 6.26 Å². The van der Waals surface area contributed by atoms with Crippen molar-refractivity contribution in [2.24, 2.45) is 0 Å². The van der Waals surface area contributed by atoms with Crippen molar-refractivity contribution in [3.05, 3.63) is 35.3 Å². The van der Waals surface area contributed by atoms with Crippen molar-refractivity contribution in [3.8, 4) is 0 Å². The second kappa shape index (κ2) is 3.78. The van der Waals surface area contributed by atoms with E-state index in [9.17, 15) is 5.11 Å². The lowest BCUT2D eigenvalue weighted by molar-refractivity contribution is 0.177. The topological polar surface area (TPSA) is 33.4 Å². The molecule has 1 rings (SSSR count). The van der Waals surface area contributed by atoms with E-state index in [0.717, 1.165) is 5.57 Å². The van der Waals surface area contributed by atoms with Crippen molar-refractivity contribution >= 4 is 11.6 Å². The van der Waals surface area contributed by atoms with Gasteiger partial charge in [0.25, 0.3) is 0 Å². The maximum atomic E-state index is 9.56. The fourth-order valence-corrected chi connectivity index (χ4v) is 1.22. The summed E-state index contributed by atoms with van der Waals surface area (Å²) >= 11 is 5.66. The molecule has 0 amide bonds. The van der Waals surface area contributed by atoms with Crippen molar-refractivity contribution < 1.29 is 9.52 Å². The van der Waals surface area contributed by atoms with Crippen LogP contribution >= 0.6 is 11.6 Å². The summed E-state index contributed by atoms with van der Waals surface area (Å²) < 4.78 is 4.84. The van der Waals surface area contributed by atoms with Crippen molar-refractivity contribution in [3.63, 3.8) is 0 Å². The normalized spacial score (nSPS) is 12.9. The van der Waals surface area contributed by atoms with Crippen LogP contribution in [0.2, 0.25) is 5.22 Å². The highest BCUT2D eigenvalue weighted by Crippen LogP contribution is 2.27. The number of aliphatic hydroxyl groups excluding tert-OH is 1. The highest BCUT2D eigenvalue weighted by molar-refractivity contribution is 6.29. The van der Waals surface area contributed by atoms with Gasteiger partial charge in [0.05, 0.1) is 12.4 Å². The number of hydrogen-bond acceptors (Lipinski definition) is 2. The fourth-order valence-electron chi connectivity index (χ4n) is 0.983. The number of halogens is 1. The van der Waals surface area contributed by atoms with Crippen LogP contribution in [0.3, 0.4) is 0 Å². The predicted molar refractivity (Wildman–Crippen MR) is 48.1 cm³/mol. The van der Waals surface area contributed by atoms with Gasteiger partial charge < -0.3 is 9.52 Å². The molecule has 0 spiro atoms. The zero-order chi connectivity index (χ0) is 9.14. The largest absolute Gasteiger partial charge is 0.453 e. The third-order valence-corrected chi connectivity index (χ3v) is 1.85. The molecule has 0 aliphatic heterocycles. The second-order valence-electron chi connectivity index (χ2n) is 2.83. The molecule has 1 unspecified atom stereocenters. The molecule has 1 N–H and O–H groups in total. The van der Waals surface area contributed by atoms with Gasteiger partial charge in [-0.05, 0) is 31.0 Å². The maximum Gasteiger partial charge on any atom is 0.198 e. The quantitative estimate of drug-likeness (QED) is 0.737. The first-order valence-electron chi connectivity index (χ1n) is 3.66. The zero-order valence-electron chi connectivity index (χ0n) is 6.88.